The molecular formula is C21H23ClN2O6. The second-order valence-corrected chi connectivity index (χ2v) is 7.03. The number of nitrogens with one attached hydrogen (secondary N) is 2. The number of amides is 2. The molecule has 0 bridgehead atoms. The Morgan fingerprint density at radius 1 is 1.03 bits per heavy atom. The van der Waals surface area contributed by atoms with Gasteiger partial charge in [-0.3, -0.25) is 4.79 Å². The van der Waals surface area contributed by atoms with Crippen LogP contribution in [0, 0.1) is 0 Å². The number of ether oxygens (including phenoxy) is 1. The molecule has 0 saturated carbocycles. The summed E-state index contributed by atoms with van der Waals surface area (Å²) < 4.78 is 5.01. The summed E-state index contributed by atoms with van der Waals surface area (Å²) in [5.74, 6) is -1.86. The largest absolute Gasteiger partial charge is 0.480 e. The summed E-state index contributed by atoms with van der Waals surface area (Å²) in [4.78, 5) is 35.2. The number of aliphatic hydroxyl groups excluding tert-OH is 1. The first-order valence-electron chi connectivity index (χ1n) is 9.22. The predicted octanol–water partition coefficient (Wildman–Crippen LogP) is 2.13. The fraction of sp³-hybridized carbons (Fsp3) is 0.286. The van der Waals surface area contributed by atoms with Crippen LogP contribution in [0.2, 0.25) is 5.02 Å². The molecule has 0 spiro atoms. The van der Waals surface area contributed by atoms with Gasteiger partial charge in [0.15, 0.2) is 0 Å². The molecule has 2 aromatic rings. The van der Waals surface area contributed by atoms with E-state index < -0.39 is 30.1 Å². The molecule has 160 valence electrons. The van der Waals surface area contributed by atoms with E-state index in [1.165, 1.54) is 0 Å². The van der Waals surface area contributed by atoms with Crippen LogP contribution in [0.5, 0.6) is 0 Å². The molecule has 2 amide bonds. The van der Waals surface area contributed by atoms with Gasteiger partial charge in [-0.2, -0.15) is 0 Å². The van der Waals surface area contributed by atoms with Crippen molar-refractivity contribution in [3.05, 3.63) is 70.7 Å². The average molecular weight is 435 g/mol. The Morgan fingerprint density at radius 3 is 2.40 bits per heavy atom. The first kappa shape index (κ1) is 23.2. The van der Waals surface area contributed by atoms with Crippen molar-refractivity contribution < 1.29 is 29.3 Å². The fourth-order valence-electron chi connectivity index (χ4n) is 2.61. The van der Waals surface area contributed by atoms with Crippen molar-refractivity contribution in [1.29, 1.82) is 0 Å². The minimum absolute atomic E-state index is 0.0434. The summed E-state index contributed by atoms with van der Waals surface area (Å²) >= 11 is 5.89. The molecule has 0 aliphatic carbocycles. The molecule has 2 atom stereocenters. The van der Waals surface area contributed by atoms with Crippen LogP contribution in [0.15, 0.2) is 54.6 Å². The number of rotatable bonds is 10. The van der Waals surface area contributed by atoms with Crippen LogP contribution in [0.25, 0.3) is 0 Å². The van der Waals surface area contributed by atoms with E-state index in [1.807, 2.05) is 18.2 Å². The molecule has 0 radical (unpaired) electrons. The number of halogens is 1. The van der Waals surface area contributed by atoms with Gasteiger partial charge in [-0.05, 0) is 23.3 Å². The van der Waals surface area contributed by atoms with Gasteiger partial charge in [0.05, 0.1) is 12.5 Å². The lowest BCUT2D eigenvalue weighted by Crippen LogP contribution is -2.44. The second-order valence-electron chi connectivity index (χ2n) is 6.59. The lowest BCUT2D eigenvalue weighted by atomic mass is 10.1. The number of hydrogen-bond acceptors (Lipinski definition) is 5. The SMILES string of the molecule is O=C(C[C@H](O)CNC(=O)OCc1ccccc1)N[C@H](Cc1cccc(Cl)c1)C(=O)O. The zero-order valence-electron chi connectivity index (χ0n) is 16.1. The maximum Gasteiger partial charge on any atom is 0.407 e. The number of hydrogen-bond donors (Lipinski definition) is 4. The van der Waals surface area contributed by atoms with E-state index in [4.69, 9.17) is 16.3 Å². The lowest BCUT2D eigenvalue weighted by Gasteiger charge is -2.17. The summed E-state index contributed by atoms with van der Waals surface area (Å²) in [6.07, 6.45) is -2.27. The van der Waals surface area contributed by atoms with Crippen molar-refractivity contribution in [2.75, 3.05) is 6.54 Å². The summed E-state index contributed by atoms with van der Waals surface area (Å²) in [5.41, 5.74) is 1.46. The quantitative estimate of drug-likeness (QED) is 0.454. The van der Waals surface area contributed by atoms with Gasteiger partial charge in [0.25, 0.3) is 0 Å². The Balaban J connectivity index is 1.73. The third kappa shape index (κ3) is 8.50. The summed E-state index contributed by atoms with van der Waals surface area (Å²) in [7, 11) is 0. The summed E-state index contributed by atoms with van der Waals surface area (Å²) in [5, 5.41) is 24.5. The Labute approximate surface area is 178 Å². The number of aliphatic carboxylic acids is 1. The monoisotopic (exact) mass is 434 g/mol. The summed E-state index contributed by atoms with van der Waals surface area (Å²) in [6.45, 7) is -0.139. The van der Waals surface area contributed by atoms with Crippen molar-refractivity contribution in [3.8, 4) is 0 Å². The van der Waals surface area contributed by atoms with Crippen molar-refractivity contribution in [2.45, 2.75) is 31.6 Å². The fourth-order valence-corrected chi connectivity index (χ4v) is 2.83. The molecule has 0 aliphatic rings. The number of carboxylic acid groups (broad SMARTS) is 1. The lowest BCUT2D eigenvalue weighted by molar-refractivity contribution is -0.142. The van der Waals surface area contributed by atoms with Gasteiger partial charge < -0.3 is 25.6 Å². The Kier molecular flexibility index (Phi) is 9.11. The molecular weight excluding hydrogens is 412 g/mol. The van der Waals surface area contributed by atoms with E-state index >= 15 is 0 Å². The third-order valence-corrected chi connectivity index (χ3v) is 4.31. The molecule has 0 heterocycles. The molecule has 4 N–H and O–H groups in total. The highest BCUT2D eigenvalue weighted by Gasteiger charge is 2.22. The van der Waals surface area contributed by atoms with Crippen LogP contribution in [0.3, 0.4) is 0 Å². The van der Waals surface area contributed by atoms with Gasteiger partial charge in [0, 0.05) is 18.0 Å². The van der Waals surface area contributed by atoms with Crippen molar-refractivity contribution in [3.63, 3.8) is 0 Å². The molecule has 0 fully saturated rings. The first-order valence-corrected chi connectivity index (χ1v) is 9.60. The maximum absolute atomic E-state index is 12.1. The van der Waals surface area contributed by atoms with Crippen LogP contribution >= 0.6 is 11.6 Å². The van der Waals surface area contributed by atoms with Gasteiger partial charge in [-0.25, -0.2) is 9.59 Å². The first-order chi connectivity index (χ1) is 14.3. The third-order valence-electron chi connectivity index (χ3n) is 4.08. The molecule has 0 aliphatic heterocycles. The average Bonchev–Trinajstić information content (AvgIpc) is 2.71. The maximum atomic E-state index is 12.1. The van der Waals surface area contributed by atoms with Crippen molar-refractivity contribution >= 4 is 29.6 Å². The zero-order chi connectivity index (χ0) is 21.9. The highest BCUT2D eigenvalue weighted by Crippen LogP contribution is 2.12. The van der Waals surface area contributed by atoms with Crippen LogP contribution in [-0.2, 0) is 27.4 Å². The van der Waals surface area contributed by atoms with Gasteiger partial charge in [0.2, 0.25) is 5.91 Å². The standard InChI is InChI=1S/C21H23ClN2O6/c22-16-8-4-7-15(9-16)10-18(20(27)28)24-19(26)11-17(25)12-23-21(29)30-13-14-5-2-1-3-6-14/h1-9,17-18,25H,10-13H2,(H,23,29)(H,24,26)(H,27,28)/t17-,18+/m0/s1. The number of aliphatic hydroxyl groups is 1. The Bertz CT molecular complexity index is 862. The number of carbonyl (C=O) groups excluding carboxylic acids is 2. The molecule has 2 aromatic carbocycles. The molecule has 0 aromatic heterocycles. The number of carboxylic acids is 1. The van der Waals surface area contributed by atoms with E-state index in [2.05, 4.69) is 10.6 Å². The molecule has 9 heteroatoms. The number of benzene rings is 2. The molecule has 0 saturated heterocycles. The van der Waals surface area contributed by atoms with Gasteiger partial charge in [0.1, 0.15) is 12.6 Å². The molecule has 0 unspecified atom stereocenters. The van der Waals surface area contributed by atoms with E-state index in [-0.39, 0.29) is 26.0 Å². The predicted molar refractivity (Wildman–Crippen MR) is 110 cm³/mol. The van der Waals surface area contributed by atoms with Crippen molar-refractivity contribution in [1.82, 2.24) is 10.6 Å². The van der Waals surface area contributed by atoms with E-state index in [0.717, 1.165) is 5.56 Å². The van der Waals surface area contributed by atoms with Crippen LogP contribution in [0.4, 0.5) is 4.79 Å². The zero-order valence-corrected chi connectivity index (χ0v) is 16.8. The minimum Gasteiger partial charge on any atom is -0.480 e. The molecule has 2 rings (SSSR count). The Morgan fingerprint density at radius 2 is 1.73 bits per heavy atom. The second kappa shape index (κ2) is 11.8. The van der Waals surface area contributed by atoms with E-state index in [0.29, 0.717) is 10.6 Å². The highest BCUT2D eigenvalue weighted by molar-refractivity contribution is 6.30. The van der Waals surface area contributed by atoms with E-state index in [9.17, 15) is 24.6 Å². The van der Waals surface area contributed by atoms with Crippen LogP contribution < -0.4 is 10.6 Å². The normalized spacial score (nSPS) is 12.5. The highest BCUT2D eigenvalue weighted by atomic mass is 35.5. The van der Waals surface area contributed by atoms with Gasteiger partial charge >= 0.3 is 12.1 Å². The summed E-state index contributed by atoms with van der Waals surface area (Å²) in [6, 6.07) is 14.6. The minimum atomic E-state index is -1.21. The topological polar surface area (TPSA) is 125 Å². The number of carbonyl (C=O) groups is 3. The van der Waals surface area contributed by atoms with Gasteiger partial charge in [-0.1, -0.05) is 54.1 Å². The van der Waals surface area contributed by atoms with E-state index in [1.54, 1.807) is 36.4 Å². The van der Waals surface area contributed by atoms with Crippen LogP contribution in [0.1, 0.15) is 17.5 Å². The van der Waals surface area contributed by atoms with Gasteiger partial charge in [-0.15, -0.1) is 0 Å². The smallest absolute Gasteiger partial charge is 0.407 e. The Hall–Kier alpha value is -3.10. The number of alkyl carbamates (subject to hydrolysis) is 1. The van der Waals surface area contributed by atoms with Crippen LogP contribution in [-0.4, -0.2) is 46.9 Å². The molecule has 30 heavy (non-hydrogen) atoms. The van der Waals surface area contributed by atoms with Crippen molar-refractivity contribution in [2.24, 2.45) is 0 Å². The molecule has 8 nitrogen and oxygen atoms in total.